The maximum atomic E-state index is 13.9. The van der Waals surface area contributed by atoms with Crippen LogP contribution in [0.2, 0.25) is 0 Å². The molecular weight excluding hydrogens is 436 g/mol. The van der Waals surface area contributed by atoms with Gasteiger partial charge in [-0.25, -0.2) is 8.42 Å². The van der Waals surface area contributed by atoms with Crippen LogP contribution in [0.1, 0.15) is 56.8 Å². The van der Waals surface area contributed by atoms with Crippen molar-refractivity contribution in [2.45, 2.75) is 64.6 Å². The van der Waals surface area contributed by atoms with Gasteiger partial charge in [0.1, 0.15) is 5.76 Å². The molecule has 0 unspecified atom stereocenters. The predicted molar refractivity (Wildman–Crippen MR) is 127 cm³/mol. The number of carbonyl (C=O) groups is 1. The molecule has 3 aromatic rings. The molecule has 0 spiro atoms. The lowest BCUT2D eigenvalue weighted by Gasteiger charge is -2.25. The third-order valence-corrected chi connectivity index (χ3v) is 8.36. The Morgan fingerprint density at radius 3 is 2.18 bits per heavy atom. The molecule has 1 aromatic heterocycles. The van der Waals surface area contributed by atoms with Crippen molar-refractivity contribution >= 4 is 15.9 Å². The molecule has 174 valence electrons. The number of sulfonamides is 1. The number of rotatable bonds is 8. The summed E-state index contributed by atoms with van der Waals surface area (Å²) in [6.45, 7) is 7.86. The van der Waals surface area contributed by atoms with E-state index in [0.29, 0.717) is 16.2 Å². The molecule has 33 heavy (non-hydrogen) atoms. The summed E-state index contributed by atoms with van der Waals surface area (Å²) in [5.41, 5.74) is 4.78. The van der Waals surface area contributed by atoms with Crippen molar-refractivity contribution in [3.63, 3.8) is 0 Å². The number of hydrogen-bond acceptors (Lipinski definition) is 4. The summed E-state index contributed by atoms with van der Waals surface area (Å²) in [6, 6.07) is 13.0. The van der Waals surface area contributed by atoms with Gasteiger partial charge in [0.25, 0.3) is 5.91 Å². The van der Waals surface area contributed by atoms with Gasteiger partial charge in [-0.1, -0.05) is 18.2 Å². The Morgan fingerprint density at radius 2 is 1.64 bits per heavy atom. The molecule has 1 saturated carbocycles. The highest BCUT2D eigenvalue weighted by molar-refractivity contribution is 7.89. The lowest BCUT2D eigenvalue weighted by atomic mass is 10.0. The van der Waals surface area contributed by atoms with Crippen LogP contribution in [0, 0.1) is 27.7 Å². The summed E-state index contributed by atoms with van der Waals surface area (Å²) in [5.74, 6) is 0.476. The minimum absolute atomic E-state index is 0.0920. The molecule has 0 aliphatic heterocycles. The molecule has 1 fully saturated rings. The van der Waals surface area contributed by atoms with Crippen LogP contribution < -0.4 is 5.32 Å². The van der Waals surface area contributed by atoms with Crippen molar-refractivity contribution < 1.29 is 17.6 Å². The van der Waals surface area contributed by atoms with Gasteiger partial charge >= 0.3 is 0 Å². The Bertz CT molecular complexity index is 1230. The first-order chi connectivity index (χ1) is 15.7. The van der Waals surface area contributed by atoms with Crippen molar-refractivity contribution in [3.05, 3.63) is 87.9 Å². The van der Waals surface area contributed by atoms with E-state index in [4.69, 9.17) is 4.42 Å². The molecular formula is C26H30N2O4S. The fourth-order valence-electron chi connectivity index (χ4n) is 3.96. The van der Waals surface area contributed by atoms with Gasteiger partial charge in [0.2, 0.25) is 10.0 Å². The lowest BCUT2D eigenvalue weighted by molar-refractivity contribution is 0.0951. The second kappa shape index (κ2) is 9.15. The van der Waals surface area contributed by atoms with E-state index in [2.05, 4.69) is 5.32 Å². The second-order valence-electron chi connectivity index (χ2n) is 8.89. The molecule has 0 radical (unpaired) electrons. The maximum Gasteiger partial charge on any atom is 0.251 e. The maximum absolute atomic E-state index is 13.9. The highest BCUT2D eigenvalue weighted by Gasteiger charge is 2.30. The van der Waals surface area contributed by atoms with Gasteiger partial charge in [-0.15, -0.1) is 0 Å². The quantitative estimate of drug-likeness (QED) is 0.517. The number of furan rings is 1. The van der Waals surface area contributed by atoms with E-state index in [1.807, 2.05) is 45.9 Å². The predicted octanol–water partition coefficient (Wildman–Crippen LogP) is 4.80. The lowest BCUT2D eigenvalue weighted by Crippen LogP contribution is -2.31. The van der Waals surface area contributed by atoms with Crippen LogP contribution in [0.25, 0.3) is 0 Å². The number of benzene rings is 2. The number of nitrogens with one attached hydrogen (secondary N) is 1. The van der Waals surface area contributed by atoms with Crippen LogP contribution in [-0.4, -0.2) is 24.7 Å². The van der Waals surface area contributed by atoms with E-state index in [0.717, 1.165) is 40.7 Å². The van der Waals surface area contributed by atoms with E-state index in [-0.39, 0.29) is 25.0 Å². The minimum atomic E-state index is -3.82. The summed E-state index contributed by atoms with van der Waals surface area (Å²) in [6.07, 6.45) is 3.60. The second-order valence-corrected chi connectivity index (χ2v) is 10.8. The van der Waals surface area contributed by atoms with E-state index in [1.165, 1.54) is 4.31 Å². The van der Waals surface area contributed by atoms with Gasteiger partial charge in [0, 0.05) is 18.2 Å². The average Bonchev–Trinajstić information content (AvgIpc) is 3.43. The first kappa shape index (κ1) is 23.3. The Labute approximate surface area is 195 Å². The molecule has 0 saturated heterocycles. The van der Waals surface area contributed by atoms with Crippen LogP contribution in [0.3, 0.4) is 0 Å². The fraction of sp³-hybridized carbons (Fsp3) is 0.346. The fourth-order valence-corrected chi connectivity index (χ4v) is 5.93. The van der Waals surface area contributed by atoms with Gasteiger partial charge in [-0.2, -0.15) is 4.31 Å². The van der Waals surface area contributed by atoms with Gasteiger partial charge in [0.05, 0.1) is 17.7 Å². The summed E-state index contributed by atoms with van der Waals surface area (Å²) >= 11 is 0. The Balaban J connectivity index is 1.66. The normalized spacial score (nSPS) is 14.0. The zero-order valence-electron chi connectivity index (χ0n) is 19.5. The first-order valence-electron chi connectivity index (χ1n) is 11.2. The van der Waals surface area contributed by atoms with Crippen molar-refractivity contribution in [3.8, 4) is 0 Å². The molecule has 2 aromatic carbocycles. The van der Waals surface area contributed by atoms with Gasteiger partial charge < -0.3 is 9.73 Å². The van der Waals surface area contributed by atoms with Gasteiger partial charge in [-0.3, -0.25) is 4.79 Å². The van der Waals surface area contributed by atoms with E-state index in [9.17, 15) is 13.2 Å². The average molecular weight is 467 g/mol. The Kier molecular flexibility index (Phi) is 6.45. The molecule has 0 atom stereocenters. The summed E-state index contributed by atoms with van der Waals surface area (Å²) in [4.78, 5) is 12.6. The number of nitrogens with zero attached hydrogens (tertiary/aromatic N) is 1. The molecule has 1 heterocycles. The summed E-state index contributed by atoms with van der Waals surface area (Å²) in [7, 11) is -3.82. The molecule has 7 heteroatoms. The standard InChI is InChI=1S/C26H30N2O4S/c1-17-14-18(2)20(4)25(19(17)3)33(30,31)28(16-24-6-5-13-32-24)15-21-7-9-22(10-8-21)26(29)27-23-11-12-23/h5-10,13-14,23H,11-12,15-16H2,1-4H3,(H,27,29). The van der Waals surface area contributed by atoms with Gasteiger partial charge in [-0.05, 0) is 92.6 Å². The monoisotopic (exact) mass is 466 g/mol. The zero-order chi connectivity index (χ0) is 23.8. The Morgan fingerprint density at radius 1 is 1.00 bits per heavy atom. The largest absolute Gasteiger partial charge is 0.468 e. The van der Waals surface area contributed by atoms with E-state index < -0.39 is 10.0 Å². The molecule has 6 nitrogen and oxygen atoms in total. The smallest absolute Gasteiger partial charge is 0.251 e. The topological polar surface area (TPSA) is 79.6 Å². The summed E-state index contributed by atoms with van der Waals surface area (Å²) < 4.78 is 34.8. The van der Waals surface area contributed by atoms with Crippen LogP contribution in [0.4, 0.5) is 0 Å². The number of amides is 1. The number of aryl methyl sites for hydroxylation is 2. The molecule has 1 amide bonds. The van der Waals surface area contributed by atoms with Crippen LogP contribution in [-0.2, 0) is 23.1 Å². The molecule has 1 aliphatic rings. The Hall–Kier alpha value is -2.90. The van der Waals surface area contributed by atoms with E-state index >= 15 is 0 Å². The number of hydrogen-bond donors (Lipinski definition) is 1. The minimum Gasteiger partial charge on any atom is -0.468 e. The molecule has 1 N–H and O–H groups in total. The van der Waals surface area contributed by atoms with E-state index in [1.54, 1.807) is 30.5 Å². The van der Waals surface area contributed by atoms with Gasteiger partial charge in [0.15, 0.2) is 0 Å². The molecule has 1 aliphatic carbocycles. The SMILES string of the molecule is Cc1cc(C)c(C)c(S(=O)(=O)N(Cc2ccc(C(=O)NC3CC3)cc2)Cc2ccco2)c1C. The first-order valence-corrected chi connectivity index (χ1v) is 12.6. The third kappa shape index (κ3) is 5.04. The highest BCUT2D eigenvalue weighted by Crippen LogP contribution is 2.30. The summed E-state index contributed by atoms with van der Waals surface area (Å²) in [5, 5.41) is 2.97. The molecule has 4 rings (SSSR count). The zero-order valence-corrected chi connectivity index (χ0v) is 20.3. The molecule has 0 bridgehead atoms. The van der Waals surface area contributed by atoms with Crippen LogP contribution in [0.15, 0.2) is 58.0 Å². The number of carbonyl (C=O) groups excluding carboxylic acids is 1. The third-order valence-electron chi connectivity index (χ3n) is 6.29. The van der Waals surface area contributed by atoms with Crippen LogP contribution >= 0.6 is 0 Å². The highest BCUT2D eigenvalue weighted by atomic mass is 32.2. The van der Waals surface area contributed by atoms with Crippen molar-refractivity contribution in [2.75, 3.05) is 0 Å². The van der Waals surface area contributed by atoms with Crippen molar-refractivity contribution in [1.82, 2.24) is 9.62 Å². The van der Waals surface area contributed by atoms with Crippen molar-refractivity contribution in [1.29, 1.82) is 0 Å². The van der Waals surface area contributed by atoms with Crippen LogP contribution in [0.5, 0.6) is 0 Å². The van der Waals surface area contributed by atoms with Crippen molar-refractivity contribution in [2.24, 2.45) is 0 Å².